The summed E-state index contributed by atoms with van der Waals surface area (Å²) in [5.74, 6) is 0.896. The van der Waals surface area contributed by atoms with Gasteiger partial charge in [-0.2, -0.15) is 9.78 Å². The summed E-state index contributed by atoms with van der Waals surface area (Å²) in [6, 6.07) is 8.28. The van der Waals surface area contributed by atoms with Gasteiger partial charge in [0, 0.05) is 5.69 Å². The number of nitrogens with one attached hydrogen (secondary N) is 1. The van der Waals surface area contributed by atoms with Crippen LogP contribution in [0.2, 0.25) is 0 Å². The number of aliphatic hydroxyl groups is 1. The van der Waals surface area contributed by atoms with E-state index in [1.54, 1.807) is 0 Å². The van der Waals surface area contributed by atoms with E-state index in [0.29, 0.717) is 0 Å². The van der Waals surface area contributed by atoms with Crippen molar-refractivity contribution in [2.24, 2.45) is 0 Å². The van der Waals surface area contributed by atoms with Gasteiger partial charge < -0.3 is 10.0 Å². The molecule has 118 valence electrons. The minimum atomic E-state index is -0.196. The van der Waals surface area contributed by atoms with Gasteiger partial charge in [-0.25, -0.2) is 0 Å². The second-order valence-corrected chi connectivity index (χ2v) is 6.53. The number of aryl methyl sites for hydroxylation is 2. The largest absolute Gasteiger partial charge is 0.387 e. The highest BCUT2D eigenvalue weighted by Gasteiger charge is 2.22. The summed E-state index contributed by atoms with van der Waals surface area (Å²) in [4.78, 5) is 1.34. The molecule has 1 fully saturated rings. The fourth-order valence-corrected chi connectivity index (χ4v) is 3.51. The van der Waals surface area contributed by atoms with Gasteiger partial charge in [0.25, 0.3) is 0 Å². The number of nitrogens with zero attached hydrogens (tertiary/aromatic N) is 3. The summed E-state index contributed by atoms with van der Waals surface area (Å²) in [7, 11) is 0. The maximum absolute atomic E-state index is 9.81. The van der Waals surface area contributed by atoms with Crippen LogP contribution in [0.4, 0.5) is 0 Å². The predicted molar refractivity (Wildman–Crippen MR) is 87.8 cm³/mol. The van der Waals surface area contributed by atoms with Crippen molar-refractivity contribution in [1.82, 2.24) is 14.3 Å². The van der Waals surface area contributed by atoms with E-state index < -0.39 is 0 Å². The highest BCUT2D eigenvalue weighted by Crippen LogP contribution is 2.13. The van der Waals surface area contributed by atoms with E-state index in [4.69, 9.17) is 12.2 Å². The van der Waals surface area contributed by atoms with Crippen LogP contribution < -0.4 is 4.90 Å². The summed E-state index contributed by atoms with van der Waals surface area (Å²) in [5, 5.41) is 14.4. The molecule has 0 aliphatic carbocycles. The Hall–Kier alpha value is -1.50. The lowest BCUT2D eigenvalue weighted by Crippen LogP contribution is -3.13. The summed E-state index contributed by atoms with van der Waals surface area (Å²) in [6.07, 6.45) is 1.77. The molecule has 0 radical (unpaired) electrons. The smallest absolute Gasteiger partial charge is 0.207 e. The van der Waals surface area contributed by atoms with Crippen LogP contribution in [0.15, 0.2) is 24.3 Å². The number of quaternary nitrogens is 1. The van der Waals surface area contributed by atoms with Gasteiger partial charge in [0.2, 0.25) is 4.77 Å². The third-order valence-corrected chi connectivity index (χ3v) is 4.62. The molecule has 1 unspecified atom stereocenters. The molecule has 1 aliphatic heterocycles. The van der Waals surface area contributed by atoms with Crippen molar-refractivity contribution in [2.45, 2.75) is 39.5 Å². The minimum Gasteiger partial charge on any atom is -0.387 e. The van der Waals surface area contributed by atoms with Crippen molar-refractivity contribution in [3.05, 3.63) is 40.4 Å². The Morgan fingerprint density at radius 2 is 2.23 bits per heavy atom. The molecule has 1 aromatic carbocycles. The Labute approximate surface area is 135 Å². The van der Waals surface area contributed by atoms with Crippen LogP contribution in [-0.4, -0.2) is 38.6 Å². The topological polar surface area (TPSA) is 47.4 Å². The Kier molecular flexibility index (Phi) is 4.42. The molecule has 1 saturated heterocycles. The summed E-state index contributed by atoms with van der Waals surface area (Å²) < 4.78 is 4.62. The first-order valence-electron chi connectivity index (χ1n) is 7.80. The van der Waals surface area contributed by atoms with Crippen molar-refractivity contribution in [2.75, 3.05) is 13.1 Å². The average Bonchev–Trinajstić information content (AvgIpc) is 2.73. The number of hydrogen-bond donors (Lipinski definition) is 2. The van der Waals surface area contributed by atoms with Crippen molar-refractivity contribution >= 4 is 12.2 Å². The number of aliphatic hydroxyl groups excluding tert-OH is 1. The van der Waals surface area contributed by atoms with E-state index in [-0.39, 0.29) is 6.10 Å². The first-order chi connectivity index (χ1) is 10.5. The predicted octanol–water partition coefficient (Wildman–Crippen LogP) is 1.02. The third kappa shape index (κ3) is 3.14. The lowest BCUT2D eigenvalue weighted by Gasteiger charge is -2.26. The fraction of sp³-hybridized carbons (Fsp3) is 0.500. The van der Waals surface area contributed by atoms with Gasteiger partial charge in [-0.05, 0) is 56.6 Å². The quantitative estimate of drug-likeness (QED) is 0.831. The molecule has 2 atom stereocenters. The van der Waals surface area contributed by atoms with E-state index in [9.17, 15) is 5.11 Å². The Balaban J connectivity index is 1.89. The summed E-state index contributed by atoms with van der Waals surface area (Å²) in [5.41, 5.74) is 2.26. The molecule has 1 aromatic heterocycles. The van der Waals surface area contributed by atoms with E-state index in [1.807, 2.05) is 22.2 Å². The van der Waals surface area contributed by atoms with E-state index in [0.717, 1.165) is 48.9 Å². The van der Waals surface area contributed by atoms with Gasteiger partial charge in [-0.1, -0.05) is 12.1 Å². The number of likely N-dealkylation sites (tertiary alicyclic amines) is 1. The second kappa shape index (κ2) is 6.32. The lowest BCUT2D eigenvalue weighted by molar-refractivity contribution is -0.931. The number of benzene rings is 1. The van der Waals surface area contributed by atoms with Gasteiger partial charge >= 0.3 is 0 Å². The zero-order valence-electron chi connectivity index (χ0n) is 13.1. The number of piperidine rings is 1. The summed E-state index contributed by atoms with van der Waals surface area (Å²) >= 11 is 5.62. The van der Waals surface area contributed by atoms with Gasteiger partial charge in [0.05, 0.1) is 6.54 Å². The third-order valence-electron chi connectivity index (χ3n) is 4.23. The monoisotopic (exact) mass is 319 g/mol. The fourth-order valence-electron chi connectivity index (χ4n) is 3.16. The molecule has 2 aromatic rings. The molecule has 0 saturated carbocycles. The molecular formula is C16H23N4OS+. The molecule has 3 rings (SSSR count). The van der Waals surface area contributed by atoms with Crippen LogP contribution in [0.3, 0.4) is 0 Å². The standard InChI is InChI=1S/C16H22N4OS/c1-12-5-3-6-14(9-12)20-13(2)17-19(16(20)22)11-18-8-4-7-15(21)10-18/h3,5-6,9,15,21H,4,7-8,10-11H2,1-2H3/p+1/t15-/m1/s1. The molecule has 0 bridgehead atoms. The molecule has 0 spiro atoms. The molecule has 2 N–H and O–H groups in total. The molecule has 6 heteroatoms. The van der Waals surface area contributed by atoms with E-state index in [2.05, 4.69) is 30.2 Å². The van der Waals surface area contributed by atoms with Crippen molar-refractivity contribution < 1.29 is 10.0 Å². The van der Waals surface area contributed by atoms with Crippen molar-refractivity contribution in [3.8, 4) is 5.69 Å². The lowest BCUT2D eigenvalue weighted by atomic mass is 10.1. The molecule has 1 aliphatic rings. The van der Waals surface area contributed by atoms with Crippen molar-refractivity contribution in [3.63, 3.8) is 0 Å². The van der Waals surface area contributed by atoms with Crippen molar-refractivity contribution in [1.29, 1.82) is 0 Å². The first-order valence-corrected chi connectivity index (χ1v) is 8.20. The molecule has 22 heavy (non-hydrogen) atoms. The zero-order valence-corrected chi connectivity index (χ0v) is 13.9. The van der Waals surface area contributed by atoms with Crippen LogP contribution >= 0.6 is 12.2 Å². The van der Waals surface area contributed by atoms with Crippen LogP contribution in [0, 0.1) is 18.6 Å². The van der Waals surface area contributed by atoms with Gasteiger partial charge in [0.1, 0.15) is 18.5 Å². The minimum absolute atomic E-state index is 0.196. The Morgan fingerprint density at radius 1 is 1.41 bits per heavy atom. The normalized spacial score (nSPS) is 22.0. The zero-order chi connectivity index (χ0) is 15.7. The molecule has 5 nitrogen and oxygen atoms in total. The Morgan fingerprint density at radius 3 is 2.95 bits per heavy atom. The van der Waals surface area contributed by atoms with E-state index >= 15 is 0 Å². The molecule has 2 heterocycles. The molecular weight excluding hydrogens is 296 g/mol. The van der Waals surface area contributed by atoms with Gasteiger partial charge in [-0.3, -0.25) is 4.57 Å². The van der Waals surface area contributed by atoms with Crippen LogP contribution in [0.25, 0.3) is 5.69 Å². The maximum atomic E-state index is 9.81. The van der Waals surface area contributed by atoms with E-state index in [1.165, 1.54) is 10.5 Å². The van der Waals surface area contributed by atoms with Crippen LogP contribution in [0.5, 0.6) is 0 Å². The Bertz CT molecular complexity index is 721. The van der Waals surface area contributed by atoms with Gasteiger partial charge in [0.15, 0.2) is 6.67 Å². The molecule has 0 amide bonds. The number of aromatic nitrogens is 3. The number of rotatable bonds is 3. The number of hydrogen-bond acceptors (Lipinski definition) is 3. The SMILES string of the molecule is Cc1cccc(-n2c(C)nn(C[NH+]3CCC[C@@H](O)C3)c2=S)c1. The van der Waals surface area contributed by atoms with Crippen LogP contribution in [-0.2, 0) is 6.67 Å². The maximum Gasteiger partial charge on any atom is 0.207 e. The first kappa shape index (κ1) is 15.4. The highest BCUT2D eigenvalue weighted by atomic mass is 32.1. The van der Waals surface area contributed by atoms with Crippen LogP contribution in [0.1, 0.15) is 24.2 Å². The van der Waals surface area contributed by atoms with Gasteiger partial charge in [-0.15, -0.1) is 0 Å². The summed E-state index contributed by atoms with van der Waals surface area (Å²) in [6.45, 7) is 6.62. The average molecular weight is 319 g/mol. The second-order valence-electron chi connectivity index (χ2n) is 6.16. The highest BCUT2D eigenvalue weighted by molar-refractivity contribution is 7.71.